The van der Waals surface area contributed by atoms with E-state index in [0.29, 0.717) is 58.0 Å². The van der Waals surface area contributed by atoms with E-state index in [-0.39, 0.29) is 6.01 Å². The highest BCUT2D eigenvalue weighted by Crippen LogP contribution is 2.14. The van der Waals surface area contributed by atoms with Crippen molar-refractivity contribution >= 4 is 27.8 Å². The Labute approximate surface area is 167 Å². The molecule has 2 rings (SSSR count). The molecule has 10 heteroatoms. The molecule has 0 aliphatic rings. The molecule has 0 bridgehead atoms. The first-order valence-corrected chi connectivity index (χ1v) is 9.38. The minimum Gasteiger partial charge on any atom is -0.467 e. The highest BCUT2D eigenvalue weighted by atomic mass is 79.9. The summed E-state index contributed by atoms with van der Waals surface area (Å²) >= 11 is 3.42. The number of nitrogens with one attached hydrogen (secondary N) is 2. The molecule has 27 heavy (non-hydrogen) atoms. The van der Waals surface area contributed by atoms with Gasteiger partial charge in [0.1, 0.15) is 0 Å². The van der Waals surface area contributed by atoms with Crippen LogP contribution in [0.1, 0.15) is 5.56 Å². The summed E-state index contributed by atoms with van der Waals surface area (Å²) in [6.45, 7) is 3.75. The molecule has 0 aliphatic carbocycles. The van der Waals surface area contributed by atoms with Crippen molar-refractivity contribution in [2.45, 2.75) is 6.54 Å². The monoisotopic (exact) mass is 440 g/mol. The van der Waals surface area contributed by atoms with Gasteiger partial charge in [-0.25, -0.2) is 0 Å². The van der Waals surface area contributed by atoms with Crippen molar-refractivity contribution in [1.29, 1.82) is 0 Å². The molecule has 2 aromatic rings. The number of ether oxygens (including phenoxy) is 3. The number of anilines is 2. The second-order valence-electron chi connectivity index (χ2n) is 5.39. The summed E-state index contributed by atoms with van der Waals surface area (Å²) in [5.74, 6) is 0.853. The normalized spacial score (nSPS) is 10.6. The molecule has 0 atom stereocenters. The number of hydrogen-bond donors (Lipinski definition) is 3. The Morgan fingerprint density at radius 3 is 2.26 bits per heavy atom. The van der Waals surface area contributed by atoms with Crippen LogP contribution >= 0.6 is 15.9 Å². The van der Waals surface area contributed by atoms with Gasteiger partial charge in [0.2, 0.25) is 11.9 Å². The van der Waals surface area contributed by atoms with E-state index in [1.807, 2.05) is 24.3 Å². The van der Waals surface area contributed by atoms with Crippen LogP contribution in [0.5, 0.6) is 6.01 Å². The fraction of sp³-hybridized carbons (Fsp3) is 0.471. The van der Waals surface area contributed by atoms with E-state index in [0.717, 1.165) is 10.0 Å². The van der Waals surface area contributed by atoms with Crippen LogP contribution in [0, 0.1) is 0 Å². The Morgan fingerprint density at radius 1 is 0.926 bits per heavy atom. The second-order valence-corrected chi connectivity index (χ2v) is 6.31. The standard InChI is InChI=1S/C17H25BrN6O3/c1-25-17-23-15(20-7-9-27-11-10-26-8-6-19)22-16(24-17)21-12-13-2-4-14(18)5-3-13/h2-5H,6-12,19H2,1H3,(H2,20,21,22,23,24). The summed E-state index contributed by atoms with van der Waals surface area (Å²) in [5, 5.41) is 6.26. The molecule has 0 spiro atoms. The summed E-state index contributed by atoms with van der Waals surface area (Å²) in [6.07, 6.45) is 0. The average Bonchev–Trinajstić information content (AvgIpc) is 2.69. The van der Waals surface area contributed by atoms with Crippen molar-refractivity contribution in [2.75, 3.05) is 57.3 Å². The van der Waals surface area contributed by atoms with E-state index in [9.17, 15) is 0 Å². The Morgan fingerprint density at radius 2 is 1.59 bits per heavy atom. The van der Waals surface area contributed by atoms with E-state index in [2.05, 4.69) is 41.5 Å². The fourth-order valence-electron chi connectivity index (χ4n) is 2.03. The maximum atomic E-state index is 5.45. The minimum absolute atomic E-state index is 0.238. The lowest BCUT2D eigenvalue weighted by molar-refractivity contribution is 0.0547. The van der Waals surface area contributed by atoms with Crippen LogP contribution in [0.3, 0.4) is 0 Å². The Bertz CT molecular complexity index is 674. The molecular weight excluding hydrogens is 416 g/mol. The Balaban J connectivity index is 1.78. The third-order valence-corrected chi connectivity index (χ3v) is 3.85. The maximum Gasteiger partial charge on any atom is 0.322 e. The van der Waals surface area contributed by atoms with Crippen LogP contribution in [-0.4, -0.2) is 61.6 Å². The lowest BCUT2D eigenvalue weighted by atomic mass is 10.2. The van der Waals surface area contributed by atoms with E-state index in [1.165, 1.54) is 7.11 Å². The van der Waals surface area contributed by atoms with Crippen LogP contribution in [0.25, 0.3) is 0 Å². The number of halogens is 1. The van der Waals surface area contributed by atoms with Gasteiger partial charge in [-0.15, -0.1) is 0 Å². The van der Waals surface area contributed by atoms with Gasteiger partial charge in [0.05, 0.1) is 33.5 Å². The zero-order valence-corrected chi connectivity index (χ0v) is 16.9. The third-order valence-electron chi connectivity index (χ3n) is 3.33. The lowest BCUT2D eigenvalue weighted by Crippen LogP contribution is -2.16. The molecule has 148 valence electrons. The molecule has 1 heterocycles. The molecule has 0 saturated carbocycles. The molecule has 0 radical (unpaired) electrons. The van der Waals surface area contributed by atoms with E-state index >= 15 is 0 Å². The fourth-order valence-corrected chi connectivity index (χ4v) is 2.29. The number of nitrogens with zero attached hydrogens (tertiary/aromatic N) is 3. The number of aromatic nitrogens is 3. The van der Waals surface area contributed by atoms with Gasteiger partial charge in [-0.2, -0.15) is 15.0 Å². The van der Waals surface area contributed by atoms with Gasteiger partial charge in [-0.3, -0.25) is 0 Å². The van der Waals surface area contributed by atoms with Crippen molar-refractivity contribution in [3.05, 3.63) is 34.3 Å². The van der Waals surface area contributed by atoms with Crippen LogP contribution < -0.4 is 21.1 Å². The van der Waals surface area contributed by atoms with Crippen molar-refractivity contribution in [3.63, 3.8) is 0 Å². The number of nitrogens with two attached hydrogens (primary N) is 1. The van der Waals surface area contributed by atoms with E-state index in [4.69, 9.17) is 19.9 Å². The van der Waals surface area contributed by atoms with Gasteiger partial charge in [-0.05, 0) is 17.7 Å². The van der Waals surface area contributed by atoms with Crippen LogP contribution in [-0.2, 0) is 16.0 Å². The Kier molecular flexibility index (Phi) is 9.77. The predicted molar refractivity (Wildman–Crippen MR) is 107 cm³/mol. The van der Waals surface area contributed by atoms with Gasteiger partial charge in [0, 0.05) is 24.1 Å². The van der Waals surface area contributed by atoms with Crippen molar-refractivity contribution in [1.82, 2.24) is 15.0 Å². The highest BCUT2D eigenvalue weighted by Gasteiger charge is 2.06. The molecule has 0 saturated heterocycles. The molecule has 1 aromatic carbocycles. The number of methoxy groups -OCH3 is 1. The summed E-state index contributed by atoms with van der Waals surface area (Å²) in [5.41, 5.74) is 6.45. The topological polar surface area (TPSA) is 116 Å². The summed E-state index contributed by atoms with van der Waals surface area (Å²) < 4.78 is 16.9. The largest absolute Gasteiger partial charge is 0.467 e. The number of benzene rings is 1. The Hall–Kier alpha value is -2.01. The minimum atomic E-state index is 0.238. The van der Waals surface area contributed by atoms with Crippen molar-refractivity contribution < 1.29 is 14.2 Å². The molecule has 4 N–H and O–H groups in total. The van der Waals surface area contributed by atoms with Gasteiger partial charge in [0.25, 0.3) is 0 Å². The first kappa shape index (κ1) is 21.3. The molecule has 0 amide bonds. The van der Waals surface area contributed by atoms with Crippen LogP contribution in [0.4, 0.5) is 11.9 Å². The molecule has 0 aliphatic heterocycles. The van der Waals surface area contributed by atoms with Gasteiger partial charge in [-0.1, -0.05) is 28.1 Å². The van der Waals surface area contributed by atoms with Crippen molar-refractivity contribution in [3.8, 4) is 6.01 Å². The second kappa shape index (κ2) is 12.4. The SMILES string of the molecule is COc1nc(NCCOCCOCCN)nc(NCc2ccc(Br)cc2)n1. The average molecular weight is 441 g/mol. The van der Waals surface area contributed by atoms with Crippen LogP contribution in [0.2, 0.25) is 0 Å². The zero-order chi connectivity index (χ0) is 19.3. The van der Waals surface area contributed by atoms with Gasteiger partial charge < -0.3 is 30.6 Å². The molecule has 1 aromatic heterocycles. The molecule has 0 unspecified atom stereocenters. The molecule has 0 fully saturated rings. The van der Waals surface area contributed by atoms with Gasteiger partial charge >= 0.3 is 6.01 Å². The third kappa shape index (κ3) is 8.48. The van der Waals surface area contributed by atoms with Crippen LogP contribution in [0.15, 0.2) is 28.7 Å². The predicted octanol–water partition coefficient (Wildman–Crippen LogP) is 1.66. The molecular formula is C17H25BrN6O3. The molecule has 9 nitrogen and oxygen atoms in total. The summed E-state index contributed by atoms with van der Waals surface area (Å²) in [7, 11) is 1.52. The number of rotatable bonds is 13. The first-order chi connectivity index (χ1) is 13.2. The number of hydrogen-bond acceptors (Lipinski definition) is 9. The highest BCUT2D eigenvalue weighted by molar-refractivity contribution is 9.10. The van der Waals surface area contributed by atoms with Crippen molar-refractivity contribution in [2.24, 2.45) is 5.73 Å². The summed E-state index contributed by atoms with van der Waals surface area (Å²) in [6, 6.07) is 8.24. The first-order valence-electron chi connectivity index (χ1n) is 8.59. The van der Waals surface area contributed by atoms with Gasteiger partial charge in [0.15, 0.2) is 0 Å². The van der Waals surface area contributed by atoms with E-state index in [1.54, 1.807) is 0 Å². The quantitative estimate of drug-likeness (QED) is 0.399. The maximum absolute atomic E-state index is 5.45. The summed E-state index contributed by atoms with van der Waals surface area (Å²) in [4.78, 5) is 12.7. The lowest BCUT2D eigenvalue weighted by Gasteiger charge is -2.10. The van der Waals surface area contributed by atoms with E-state index < -0.39 is 0 Å². The smallest absolute Gasteiger partial charge is 0.322 e. The zero-order valence-electron chi connectivity index (χ0n) is 15.3.